The molecule has 0 saturated carbocycles. The first-order valence-electron chi connectivity index (χ1n) is 5.45. The first-order chi connectivity index (χ1) is 8.58. The SMILES string of the molecule is N[C@@H]1COCc2[nH]c(=O)c3cc(F)c(F)cc3c21. The topological polar surface area (TPSA) is 68.1 Å². The van der Waals surface area contributed by atoms with Crippen LogP contribution in [0.3, 0.4) is 0 Å². The van der Waals surface area contributed by atoms with Crippen molar-refractivity contribution in [3.05, 3.63) is 45.4 Å². The number of fused-ring (bicyclic) bond motifs is 3. The highest BCUT2D eigenvalue weighted by atomic mass is 19.2. The Morgan fingerprint density at radius 3 is 2.67 bits per heavy atom. The van der Waals surface area contributed by atoms with Crippen LogP contribution < -0.4 is 11.3 Å². The zero-order chi connectivity index (χ0) is 12.9. The lowest BCUT2D eigenvalue weighted by Gasteiger charge is -2.23. The highest BCUT2D eigenvalue weighted by Gasteiger charge is 2.23. The molecule has 94 valence electrons. The van der Waals surface area contributed by atoms with Crippen molar-refractivity contribution in [2.45, 2.75) is 12.6 Å². The van der Waals surface area contributed by atoms with Crippen LogP contribution in [-0.4, -0.2) is 11.6 Å². The van der Waals surface area contributed by atoms with Gasteiger partial charge in [0.1, 0.15) is 0 Å². The number of pyridine rings is 1. The molecule has 0 fully saturated rings. The minimum Gasteiger partial charge on any atom is -0.373 e. The fraction of sp³-hybridized carbons (Fsp3) is 0.250. The lowest BCUT2D eigenvalue weighted by Crippen LogP contribution is -2.27. The zero-order valence-electron chi connectivity index (χ0n) is 9.30. The fourth-order valence-electron chi connectivity index (χ4n) is 2.30. The third kappa shape index (κ3) is 1.53. The number of nitrogens with two attached hydrogens (primary N) is 1. The molecule has 0 aliphatic carbocycles. The zero-order valence-corrected chi connectivity index (χ0v) is 9.30. The van der Waals surface area contributed by atoms with Crippen molar-refractivity contribution in [2.75, 3.05) is 6.61 Å². The number of aromatic nitrogens is 1. The van der Waals surface area contributed by atoms with Crippen LogP contribution in [0.25, 0.3) is 10.8 Å². The van der Waals surface area contributed by atoms with Gasteiger partial charge in [-0.25, -0.2) is 8.78 Å². The van der Waals surface area contributed by atoms with Crippen LogP contribution in [0.15, 0.2) is 16.9 Å². The summed E-state index contributed by atoms with van der Waals surface area (Å²) in [7, 11) is 0. The van der Waals surface area contributed by atoms with Gasteiger partial charge < -0.3 is 15.5 Å². The van der Waals surface area contributed by atoms with E-state index in [1.165, 1.54) is 0 Å². The van der Waals surface area contributed by atoms with Gasteiger partial charge in [-0.05, 0) is 17.5 Å². The highest BCUT2D eigenvalue weighted by Crippen LogP contribution is 2.28. The maximum atomic E-state index is 13.3. The summed E-state index contributed by atoms with van der Waals surface area (Å²) in [5.74, 6) is -2.04. The van der Waals surface area contributed by atoms with E-state index in [0.717, 1.165) is 12.1 Å². The van der Waals surface area contributed by atoms with Crippen molar-refractivity contribution in [3.63, 3.8) is 0 Å². The maximum absolute atomic E-state index is 13.3. The van der Waals surface area contributed by atoms with Gasteiger partial charge in [0.05, 0.1) is 24.6 Å². The summed E-state index contributed by atoms with van der Waals surface area (Å²) < 4.78 is 31.7. The average Bonchev–Trinajstić information content (AvgIpc) is 2.32. The highest BCUT2D eigenvalue weighted by molar-refractivity contribution is 5.86. The van der Waals surface area contributed by atoms with Crippen molar-refractivity contribution < 1.29 is 13.5 Å². The number of aromatic amines is 1. The normalized spacial score (nSPS) is 18.9. The lowest BCUT2D eigenvalue weighted by atomic mass is 9.97. The third-order valence-electron chi connectivity index (χ3n) is 3.10. The van der Waals surface area contributed by atoms with Gasteiger partial charge in [0.25, 0.3) is 5.56 Å². The van der Waals surface area contributed by atoms with E-state index >= 15 is 0 Å². The minimum absolute atomic E-state index is 0.102. The van der Waals surface area contributed by atoms with Crippen LogP contribution in [0.5, 0.6) is 0 Å². The summed E-state index contributed by atoms with van der Waals surface area (Å²) in [6, 6.07) is 1.45. The molecule has 0 radical (unpaired) electrons. The molecule has 2 heterocycles. The Hall–Kier alpha value is -1.79. The maximum Gasteiger partial charge on any atom is 0.256 e. The van der Waals surface area contributed by atoms with Crippen LogP contribution >= 0.6 is 0 Å². The molecule has 6 heteroatoms. The van der Waals surface area contributed by atoms with Gasteiger partial charge in [-0.3, -0.25) is 4.79 Å². The van der Waals surface area contributed by atoms with E-state index < -0.39 is 23.2 Å². The second-order valence-electron chi connectivity index (χ2n) is 4.28. The van der Waals surface area contributed by atoms with Crippen molar-refractivity contribution in [3.8, 4) is 0 Å². The van der Waals surface area contributed by atoms with E-state index in [2.05, 4.69) is 4.98 Å². The Morgan fingerprint density at radius 1 is 1.28 bits per heavy atom. The van der Waals surface area contributed by atoms with Gasteiger partial charge in [0.15, 0.2) is 11.6 Å². The molecule has 2 aromatic rings. The molecule has 4 nitrogen and oxygen atoms in total. The van der Waals surface area contributed by atoms with E-state index in [1.54, 1.807) is 0 Å². The molecular formula is C12H10F2N2O2. The number of rotatable bonds is 0. The summed E-state index contributed by atoms with van der Waals surface area (Å²) in [6.07, 6.45) is 0. The Balaban J connectivity index is 2.46. The van der Waals surface area contributed by atoms with Gasteiger partial charge in [-0.15, -0.1) is 0 Å². The predicted octanol–water partition coefficient (Wildman–Crippen LogP) is 1.34. The fourth-order valence-corrected chi connectivity index (χ4v) is 2.30. The van der Waals surface area contributed by atoms with Crippen molar-refractivity contribution >= 4 is 10.8 Å². The van der Waals surface area contributed by atoms with Gasteiger partial charge in [-0.1, -0.05) is 0 Å². The largest absolute Gasteiger partial charge is 0.373 e. The Kier molecular flexibility index (Phi) is 2.42. The van der Waals surface area contributed by atoms with Crippen LogP contribution in [0, 0.1) is 11.6 Å². The summed E-state index contributed by atoms with van der Waals surface area (Å²) in [5, 5.41) is 0.452. The van der Waals surface area contributed by atoms with Crippen molar-refractivity contribution in [1.29, 1.82) is 0 Å². The van der Waals surface area contributed by atoms with Crippen LogP contribution in [0.4, 0.5) is 8.78 Å². The summed E-state index contributed by atoms with van der Waals surface area (Å²) in [5.41, 5.74) is 6.56. The monoisotopic (exact) mass is 252 g/mol. The predicted molar refractivity (Wildman–Crippen MR) is 61.1 cm³/mol. The quantitative estimate of drug-likeness (QED) is 0.743. The lowest BCUT2D eigenvalue weighted by molar-refractivity contribution is 0.0897. The molecular weight excluding hydrogens is 242 g/mol. The third-order valence-corrected chi connectivity index (χ3v) is 3.10. The number of halogens is 2. The van der Waals surface area contributed by atoms with E-state index in [1.807, 2.05) is 0 Å². The molecule has 0 bridgehead atoms. The number of benzene rings is 1. The van der Waals surface area contributed by atoms with Gasteiger partial charge in [0.2, 0.25) is 0 Å². The molecule has 1 aliphatic rings. The molecule has 1 aliphatic heterocycles. The Morgan fingerprint density at radius 2 is 1.94 bits per heavy atom. The summed E-state index contributed by atoms with van der Waals surface area (Å²) in [6.45, 7) is 0.500. The molecule has 0 spiro atoms. The second kappa shape index (κ2) is 3.86. The Labute approximate surface area is 100 Å². The first kappa shape index (κ1) is 11.3. The molecule has 1 aromatic heterocycles. The van der Waals surface area contributed by atoms with E-state index in [4.69, 9.17) is 10.5 Å². The number of nitrogens with one attached hydrogen (secondary N) is 1. The number of hydrogen-bond acceptors (Lipinski definition) is 3. The number of hydrogen-bond donors (Lipinski definition) is 2. The standard InChI is InChI=1S/C12H10F2N2O2/c13-7-1-5-6(2-8(7)14)12(17)16-10-4-18-3-9(15)11(5)10/h1-2,9H,3-4,15H2,(H,16,17)/t9-/m1/s1. The molecule has 0 amide bonds. The van der Waals surface area contributed by atoms with Gasteiger partial charge >= 0.3 is 0 Å². The van der Waals surface area contributed by atoms with Crippen LogP contribution in [0.2, 0.25) is 0 Å². The smallest absolute Gasteiger partial charge is 0.256 e. The number of H-pyrrole nitrogens is 1. The molecule has 0 saturated heterocycles. The van der Waals surface area contributed by atoms with E-state index in [0.29, 0.717) is 16.6 Å². The van der Waals surface area contributed by atoms with Crippen LogP contribution in [-0.2, 0) is 11.3 Å². The first-order valence-corrected chi connectivity index (χ1v) is 5.45. The van der Waals surface area contributed by atoms with Crippen LogP contribution in [0.1, 0.15) is 17.3 Å². The minimum atomic E-state index is -1.05. The summed E-state index contributed by atoms with van der Waals surface area (Å²) >= 11 is 0. The number of ether oxygens (including phenoxy) is 1. The second-order valence-corrected chi connectivity index (χ2v) is 4.28. The molecule has 1 aromatic carbocycles. The Bertz CT molecular complexity index is 697. The van der Waals surface area contributed by atoms with Crippen molar-refractivity contribution in [1.82, 2.24) is 4.98 Å². The van der Waals surface area contributed by atoms with E-state index in [-0.39, 0.29) is 18.6 Å². The average molecular weight is 252 g/mol. The van der Waals surface area contributed by atoms with Crippen molar-refractivity contribution in [2.24, 2.45) is 5.73 Å². The van der Waals surface area contributed by atoms with E-state index in [9.17, 15) is 13.6 Å². The molecule has 0 unspecified atom stereocenters. The molecule has 3 rings (SSSR count). The molecule has 3 N–H and O–H groups in total. The van der Waals surface area contributed by atoms with Gasteiger partial charge in [0, 0.05) is 11.3 Å². The molecule has 1 atom stereocenters. The summed E-state index contributed by atoms with van der Waals surface area (Å²) in [4.78, 5) is 14.4. The van der Waals surface area contributed by atoms with Gasteiger partial charge in [-0.2, -0.15) is 0 Å². The molecule has 18 heavy (non-hydrogen) atoms.